The van der Waals surface area contributed by atoms with E-state index in [0.717, 1.165) is 54.1 Å². The van der Waals surface area contributed by atoms with Gasteiger partial charge in [-0.2, -0.15) is 11.8 Å². The number of carbonyl (C=O) groups is 2. The van der Waals surface area contributed by atoms with E-state index in [-0.39, 0.29) is 5.91 Å². The Morgan fingerprint density at radius 1 is 1.08 bits per heavy atom. The molecule has 0 spiro atoms. The molecule has 0 aromatic heterocycles. The number of ether oxygens (including phenoxy) is 1. The number of allylic oxidation sites excluding steroid dienone is 3. The molecule has 1 fully saturated rings. The number of nitrogens with zero attached hydrogens (tertiary/aromatic N) is 1. The molecule has 4 rings (SSSR count). The number of methoxy groups -OCH3 is 1. The highest BCUT2D eigenvalue weighted by Crippen LogP contribution is 2.32. The van der Waals surface area contributed by atoms with E-state index in [2.05, 4.69) is 65.7 Å². The van der Waals surface area contributed by atoms with Gasteiger partial charge in [-0.25, -0.2) is 4.79 Å². The van der Waals surface area contributed by atoms with Crippen molar-refractivity contribution < 1.29 is 19.4 Å². The van der Waals surface area contributed by atoms with Crippen LogP contribution in [-0.2, 0) is 16.1 Å². The summed E-state index contributed by atoms with van der Waals surface area (Å²) < 4.78 is 4.25. The number of nitrogens with one attached hydrogen (secondary N) is 1. The normalized spacial score (nSPS) is 15.0. The maximum atomic E-state index is 13.3. The van der Waals surface area contributed by atoms with Gasteiger partial charge in [0.2, 0.25) is 0 Å². The molecule has 1 aliphatic heterocycles. The first-order valence-electron chi connectivity index (χ1n) is 16.1. The molecule has 0 aliphatic carbocycles. The van der Waals surface area contributed by atoms with Gasteiger partial charge in [-0.15, -0.1) is 23.5 Å². The minimum absolute atomic E-state index is 0.348. The fraction of sp³-hybridized carbons (Fsp3) is 0.385. The van der Waals surface area contributed by atoms with Crippen LogP contribution in [0.4, 0.5) is 0 Å². The number of hydrogen-bond acceptors (Lipinski definition) is 7. The van der Waals surface area contributed by atoms with E-state index in [0.29, 0.717) is 23.0 Å². The lowest BCUT2D eigenvalue weighted by molar-refractivity contribution is -0.139. The van der Waals surface area contributed by atoms with Gasteiger partial charge in [0.25, 0.3) is 5.91 Å². The summed E-state index contributed by atoms with van der Waals surface area (Å²) in [6.07, 6.45) is 7.30. The van der Waals surface area contributed by atoms with Gasteiger partial charge in [0.1, 0.15) is 6.04 Å². The predicted molar refractivity (Wildman–Crippen MR) is 210 cm³/mol. The second-order valence-electron chi connectivity index (χ2n) is 11.3. The molecule has 1 saturated heterocycles. The molecule has 260 valence electrons. The zero-order valence-electron chi connectivity index (χ0n) is 29.2. The summed E-state index contributed by atoms with van der Waals surface area (Å²) in [5.74, 6) is 0.461. The largest absolute Gasteiger partial charge is 0.480 e. The summed E-state index contributed by atoms with van der Waals surface area (Å²) in [7, 11) is 3.25. The Bertz CT molecular complexity index is 1450. The summed E-state index contributed by atoms with van der Waals surface area (Å²) in [6, 6.07) is 23.6. The first-order chi connectivity index (χ1) is 23.2. The monoisotopic (exact) mass is 708 g/mol. The van der Waals surface area contributed by atoms with Crippen LogP contribution in [0, 0.1) is 6.92 Å². The van der Waals surface area contributed by atoms with Crippen molar-refractivity contribution >= 4 is 47.2 Å². The van der Waals surface area contributed by atoms with Crippen molar-refractivity contribution in [2.75, 3.05) is 45.1 Å². The van der Waals surface area contributed by atoms with E-state index in [1.165, 1.54) is 9.80 Å². The van der Waals surface area contributed by atoms with Gasteiger partial charge in [-0.3, -0.25) is 9.69 Å². The summed E-state index contributed by atoms with van der Waals surface area (Å²) in [4.78, 5) is 30.2. The lowest BCUT2D eigenvalue weighted by atomic mass is 9.93. The molecular formula is C39H52N2O4S3. The third kappa shape index (κ3) is 14.7. The lowest BCUT2D eigenvalue weighted by Crippen LogP contribution is -2.41. The molecule has 0 radical (unpaired) electrons. The Hall–Kier alpha value is -2.95. The molecule has 6 nitrogen and oxygen atoms in total. The van der Waals surface area contributed by atoms with Gasteiger partial charge in [0, 0.05) is 43.0 Å². The molecule has 2 unspecified atom stereocenters. The Kier molecular flexibility index (Phi) is 20.1. The van der Waals surface area contributed by atoms with Crippen molar-refractivity contribution in [2.24, 2.45) is 0 Å². The average Bonchev–Trinajstić information content (AvgIpc) is 3.50. The fourth-order valence-electron chi connectivity index (χ4n) is 5.14. The van der Waals surface area contributed by atoms with Gasteiger partial charge in [-0.1, -0.05) is 74.2 Å². The zero-order chi connectivity index (χ0) is 35.3. The molecule has 1 amide bonds. The number of benzene rings is 3. The Labute approximate surface area is 301 Å². The van der Waals surface area contributed by atoms with Crippen LogP contribution in [0.25, 0.3) is 11.1 Å². The Balaban J connectivity index is 0.000000630. The number of aryl methyl sites for hydroxylation is 1. The van der Waals surface area contributed by atoms with Crippen LogP contribution in [0.15, 0.2) is 101 Å². The molecular weight excluding hydrogens is 657 g/mol. The van der Waals surface area contributed by atoms with E-state index < -0.39 is 12.0 Å². The number of likely N-dealkylation sites (tertiary alicyclic amines) is 1. The van der Waals surface area contributed by atoms with E-state index in [4.69, 9.17) is 0 Å². The molecule has 2 N–H and O–H groups in total. The summed E-state index contributed by atoms with van der Waals surface area (Å²) in [5.41, 5.74) is 4.57. The third-order valence-electron chi connectivity index (χ3n) is 7.38. The number of carboxylic acid groups (broad SMARTS) is 1. The molecule has 9 heteroatoms. The minimum Gasteiger partial charge on any atom is -0.480 e. The standard InChI is InChI=1S/C30H34N2O3S2.C7H12S.C2H6O/c1-21-8-6-7-11-25(21)27-18-22(12-13-26(27)29(33)31-28(30(34)35)15-17-36-2)19-32-16-14-24(20-32)37-23-9-4-3-5-10-23;1-4-6-7(3)8-5-2;1-3-2/h3-13,18,24,28H,14-17,19-20H2,1-2H3,(H,31,33)(H,34,35);4,6H,1,5H2,2-3H3;1-2H3/b;7-6+;. The summed E-state index contributed by atoms with van der Waals surface area (Å²) >= 11 is 5.36. The van der Waals surface area contributed by atoms with Crippen molar-refractivity contribution in [3.8, 4) is 11.1 Å². The molecule has 48 heavy (non-hydrogen) atoms. The predicted octanol–water partition coefficient (Wildman–Crippen LogP) is 9.06. The smallest absolute Gasteiger partial charge is 0.326 e. The maximum absolute atomic E-state index is 13.3. The molecule has 1 aliphatic rings. The number of hydrogen-bond donors (Lipinski definition) is 2. The number of thioether (sulfide) groups is 3. The number of amides is 1. The maximum Gasteiger partial charge on any atom is 0.326 e. The topological polar surface area (TPSA) is 78.9 Å². The van der Waals surface area contributed by atoms with Crippen LogP contribution in [-0.4, -0.2) is 78.2 Å². The van der Waals surface area contributed by atoms with Crippen molar-refractivity contribution in [3.05, 3.63) is 113 Å². The number of rotatable bonds is 14. The van der Waals surface area contributed by atoms with Crippen molar-refractivity contribution in [1.29, 1.82) is 0 Å². The molecule has 0 saturated carbocycles. The van der Waals surface area contributed by atoms with Crippen LogP contribution >= 0.6 is 35.3 Å². The minimum atomic E-state index is -1.01. The van der Waals surface area contributed by atoms with Crippen LogP contribution in [0.5, 0.6) is 0 Å². The highest BCUT2D eigenvalue weighted by molar-refractivity contribution is 8.03. The number of aliphatic carboxylic acids is 1. The quantitative estimate of drug-likeness (QED) is 0.161. The van der Waals surface area contributed by atoms with E-state index >= 15 is 0 Å². The highest BCUT2D eigenvalue weighted by Gasteiger charge is 2.25. The fourth-order valence-corrected chi connectivity index (χ4v) is 7.47. The van der Waals surface area contributed by atoms with Crippen LogP contribution in [0.2, 0.25) is 0 Å². The highest BCUT2D eigenvalue weighted by atomic mass is 32.2. The van der Waals surface area contributed by atoms with Gasteiger partial charge in [-0.05, 0) is 102 Å². The van der Waals surface area contributed by atoms with Crippen molar-refractivity contribution in [2.45, 2.75) is 56.3 Å². The van der Waals surface area contributed by atoms with Crippen LogP contribution in [0.3, 0.4) is 0 Å². The van der Waals surface area contributed by atoms with Gasteiger partial charge >= 0.3 is 5.97 Å². The van der Waals surface area contributed by atoms with E-state index in [9.17, 15) is 14.7 Å². The summed E-state index contributed by atoms with van der Waals surface area (Å²) in [6.45, 7) is 12.8. The zero-order valence-corrected chi connectivity index (χ0v) is 31.7. The number of carboxylic acids is 1. The molecule has 3 aromatic rings. The SMILES string of the molecule is C=C/C=C(\C)SCC.COC.CSCCC(NC(=O)c1ccc(CN2CCC(Sc3ccccc3)C2)cc1-c1ccccc1C)C(=O)O. The molecule has 3 aromatic carbocycles. The van der Waals surface area contributed by atoms with Crippen molar-refractivity contribution in [3.63, 3.8) is 0 Å². The molecule has 2 atom stereocenters. The third-order valence-corrected chi connectivity index (χ3v) is 10.2. The second kappa shape index (κ2) is 23.4. The first-order valence-corrected chi connectivity index (χ1v) is 19.4. The second-order valence-corrected chi connectivity index (χ2v) is 15.1. The average molecular weight is 709 g/mol. The molecule has 0 bridgehead atoms. The molecule has 1 heterocycles. The van der Waals surface area contributed by atoms with E-state index in [1.54, 1.807) is 26.0 Å². The Morgan fingerprint density at radius 2 is 1.77 bits per heavy atom. The van der Waals surface area contributed by atoms with Crippen LogP contribution in [0.1, 0.15) is 48.2 Å². The summed E-state index contributed by atoms with van der Waals surface area (Å²) in [5, 5.41) is 12.9. The van der Waals surface area contributed by atoms with Gasteiger partial charge in [0.05, 0.1) is 0 Å². The van der Waals surface area contributed by atoms with E-state index in [1.807, 2.05) is 91.3 Å². The first kappa shape index (κ1) is 41.2. The van der Waals surface area contributed by atoms with Gasteiger partial charge in [0.15, 0.2) is 0 Å². The van der Waals surface area contributed by atoms with Crippen molar-refractivity contribution in [1.82, 2.24) is 10.2 Å². The number of carbonyl (C=O) groups excluding carboxylic acids is 1. The lowest BCUT2D eigenvalue weighted by Gasteiger charge is -2.20. The van der Waals surface area contributed by atoms with Gasteiger partial charge < -0.3 is 15.2 Å². The van der Waals surface area contributed by atoms with Crippen LogP contribution < -0.4 is 5.32 Å². The Morgan fingerprint density at radius 3 is 2.40 bits per heavy atom.